The van der Waals surface area contributed by atoms with Gasteiger partial charge in [0.2, 0.25) is 0 Å². The highest BCUT2D eigenvalue weighted by molar-refractivity contribution is 5.75. The summed E-state index contributed by atoms with van der Waals surface area (Å²) in [6.07, 6.45) is 3.58. The molecule has 0 radical (unpaired) electrons. The van der Waals surface area contributed by atoms with Crippen molar-refractivity contribution in [2.75, 3.05) is 7.11 Å². The summed E-state index contributed by atoms with van der Waals surface area (Å²) in [5, 5.41) is 9.93. The normalized spacial score (nSPS) is 35.4. The Labute approximate surface area is 145 Å². The maximum absolute atomic E-state index is 12.1. The van der Waals surface area contributed by atoms with E-state index in [4.69, 9.17) is 4.74 Å². The SMILES string of the molecule is CO[C@@H]1C[C@@H]2[C@](C)(C(=O)O)CCC[C@]2(C)c2ccc(C(C)C)cc21. The molecule has 132 valence electrons. The van der Waals surface area contributed by atoms with Crippen molar-refractivity contribution in [3.8, 4) is 0 Å². The van der Waals surface area contributed by atoms with Crippen LogP contribution in [0, 0.1) is 11.3 Å². The molecule has 3 rings (SSSR count). The van der Waals surface area contributed by atoms with Gasteiger partial charge in [-0.2, -0.15) is 0 Å². The van der Waals surface area contributed by atoms with E-state index in [0.29, 0.717) is 5.92 Å². The summed E-state index contributed by atoms with van der Waals surface area (Å²) in [5.74, 6) is -0.0666. The van der Waals surface area contributed by atoms with Crippen LogP contribution < -0.4 is 0 Å². The molecule has 2 aliphatic rings. The number of hydrogen-bond donors (Lipinski definition) is 1. The highest BCUT2D eigenvalue weighted by Crippen LogP contribution is 2.60. The first-order chi connectivity index (χ1) is 11.2. The van der Waals surface area contributed by atoms with Crippen molar-refractivity contribution >= 4 is 5.97 Å². The molecule has 3 nitrogen and oxygen atoms in total. The zero-order chi connectivity index (χ0) is 17.7. The van der Waals surface area contributed by atoms with E-state index >= 15 is 0 Å². The van der Waals surface area contributed by atoms with Crippen LogP contribution in [0.25, 0.3) is 0 Å². The highest BCUT2D eigenvalue weighted by Gasteiger charge is 2.56. The number of hydrogen-bond acceptors (Lipinski definition) is 2. The van der Waals surface area contributed by atoms with Crippen LogP contribution in [0.1, 0.15) is 82.1 Å². The number of methoxy groups -OCH3 is 1. The minimum atomic E-state index is -0.668. The number of carboxylic acids is 1. The van der Waals surface area contributed by atoms with E-state index in [9.17, 15) is 9.90 Å². The standard InChI is InChI=1S/C21H30O3/c1-13(2)14-7-8-16-15(11-14)17(24-5)12-18-20(16,3)9-6-10-21(18,4)19(22)23/h7-8,11,13,17-18H,6,9-10,12H2,1-5H3,(H,22,23)/t17-,18+,20-,21-/m1/s1. The van der Waals surface area contributed by atoms with Crippen molar-refractivity contribution in [3.63, 3.8) is 0 Å². The molecule has 0 heterocycles. The van der Waals surface area contributed by atoms with Crippen LogP contribution in [0.4, 0.5) is 0 Å². The Balaban J connectivity index is 2.16. The van der Waals surface area contributed by atoms with Crippen molar-refractivity contribution < 1.29 is 14.6 Å². The maximum Gasteiger partial charge on any atom is 0.309 e. The lowest BCUT2D eigenvalue weighted by Gasteiger charge is -2.55. The van der Waals surface area contributed by atoms with Gasteiger partial charge < -0.3 is 9.84 Å². The molecule has 2 aliphatic carbocycles. The average Bonchev–Trinajstić information content (AvgIpc) is 2.54. The van der Waals surface area contributed by atoms with Gasteiger partial charge in [0.1, 0.15) is 0 Å². The monoisotopic (exact) mass is 330 g/mol. The zero-order valence-corrected chi connectivity index (χ0v) is 15.6. The van der Waals surface area contributed by atoms with Crippen LogP contribution in [-0.4, -0.2) is 18.2 Å². The molecule has 0 unspecified atom stereocenters. The van der Waals surface area contributed by atoms with E-state index in [0.717, 1.165) is 25.7 Å². The van der Waals surface area contributed by atoms with Crippen LogP contribution in [0.15, 0.2) is 18.2 Å². The van der Waals surface area contributed by atoms with Gasteiger partial charge in [-0.1, -0.05) is 45.4 Å². The first-order valence-corrected chi connectivity index (χ1v) is 9.14. The molecule has 0 aromatic heterocycles. The molecule has 24 heavy (non-hydrogen) atoms. The lowest BCUT2D eigenvalue weighted by molar-refractivity contribution is -0.159. The third kappa shape index (κ3) is 2.40. The number of carboxylic acid groups (broad SMARTS) is 1. The summed E-state index contributed by atoms with van der Waals surface area (Å²) in [4.78, 5) is 12.1. The molecule has 0 saturated heterocycles. The van der Waals surface area contributed by atoms with Gasteiger partial charge in [-0.05, 0) is 60.1 Å². The Morgan fingerprint density at radius 3 is 2.58 bits per heavy atom. The zero-order valence-electron chi connectivity index (χ0n) is 15.6. The van der Waals surface area contributed by atoms with Crippen LogP contribution in [0.3, 0.4) is 0 Å². The van der Waals surface area contributed by atoms with Crippen molar-refractivity contribution in [1.29, 1.82) is 0 Å². The van der Waals surface area contributed by atoms with Gasteiger partial charge in [0.15, 0.2) is 0 Å². The van der Waals surface area contributed by atoms with Gasteiger partial charge in [-0.3, -0.25) is 4.79 Å². The predicted molar refractivity (Wildman–Crippen MR) is 95.3 cm³/mol. The smallest absolute Gasteiger partial charge is 0.309 e. The topological polar surface area (TPSA) is 46.5 Å². The highest BCUT2D eigenvalue weighted by atomic mass is 16.5. The fraction of sp³-hybridized carbons (Fsp3) is 0.667. The number of carbonyl (C=O) groups is 1. The van der Waals surface area contributed by atoms with E-state index in [1.165, 1.54) is 16.7 Å². The maximum atomic E-state index is 12.1. The Bertz CT molecular complexity index is 650. The molecule has 0 bridgehead atoms. The number of aliphatic carboxylic acids is 1. The fourth-order valence-electron chi connectivity index (χ4n) is 5.26. The summed E-state index contributed by atoms with van der Waals surface area (Å²) in [6, 6.07) is 6.76. The van der Waals surface area contributed by atoms with Gasteiger partial charge in [-0.15, -0.1) is 0 Å². The third-order valence-electron chi connectivity index (χ3n) is 6.86. The molecule has 1 saturated carbocycles. The predicted octanol–water partition coefficient (Wildman–Crippen LogP) is 5.05. The first kappa shape index (κ1) is 17.5. The third-order valence-corrected chi connectivity index (χ3v) is 6.86. The lowest BCUT2D eigenvalue weighted by atomic mass is 9.49. The molecule has 3 heteroatoms. The molecule has 1 aromatic rings. The number of fused-ring (bicyclic) bond motifs is 3. The summed E-state index contributed by atoms with van der Waals surface area (Å²) in [5.41, 5.74) is 3.16. The van der Waals surface area contributed by atoms with E-state index in [2.05, 4.69) is 39.0 Å². The molecule has 1 fully saturated rings. The minimum absolute atomic E-state index is 0.00597. The largest absolute Gasteiger partial charge is 0.481 e. The van der Waals surface area contributed by atoms with Crippen molar-refractivity contribution in [3.05, 3.63) is 34.9 Å². The van der Waals surface area contributed by atoms with E-state index in [1.54, 1.807) is 7.11 Å². The molecule has 1 aromatic carbocycles. The summed E-state index contributed by atoms with van der Waals surface area (Å²) < 4.78 is 5.83. The van der Waals surface area contributed by atoms with Crippen LogP contribution in [0.5, 0.6) is 0 Å². The Kier molecular flexibility index (Phi) is 4.28. The second-order valence-electron chi connectivity index (χ2n) is 8.51. The van der Waals surface area contributed by atoms with Gasteiger partial charge in [-0.25, -0.2) is 0 Å². The molecule has 0 aliphatic heterocycles. The molecule has 4 atom stereocenters. The van der Waals surface area contributed by atoms with Crippen LogP contribution >= 0.6 is 0 Å². The quantitative estimate of drug-likeness (QED) is 0.843. The molecular formula is C21H30O3. The van der Waals surface area contributed by atoms with E-state index in [-0.39, 0.29) is 17.4 Å². The molecule has 1 N–H and O–H groups in total. The van der Waals surface area contributed by atoms with Crippen molar-refractivity contribution in [2.45, 2.75) is 70.8 Å². The molecule has 0 spiro atoms. The van der Waals surface area contributed by atoms with Crippen LogP contribution in [0.2, 0.25) is 0 Å². The van der Waals surface area contributed by atoms with E-state index in [1.807, 2.05) is 6.92 Å². The molecular weight excluding hydrogens is 300 g/mol. The number of benzene rings is 1. The fourth-order valence-corrected chi connectivity index (χ4v) is 5.26. The van der Waals surface area contributed by atoms with Gasteiger partial charge in [0, 0.05) is 7.11 Å². The second kappa shape index (κ2) is 5.87. The summed E-state index contributed by atoms with van der Waals surface area (Å²) >= 11 is 0. The van der Waals surface area contributed by atoms with Gasteiger partial charge >= 0.3 is 5.97 Å². The minimum Gasteiger partial charge on any atom is -0.481 e. The summed E-state index contributed by atoms with van der Waals surface area (Å²) in [7, 11) is 1.75. The summed E-state index contributed by atoms with van der Waals surface area (Å²) in [6.45, 7) is 8.63. The van der Waals surface area contributed by atoms with E-state index < -0.39 is 11.4 Å². The number of rotatable bonds is 3. The van der Waals surface area contributed by atoms with Gasteiger partial charge in [0.25, 0.3) is 0 Å². The Hall–Kier alpha value is -1.35. The first-order valence-electron chi connectivity index (χ1n) is 9.14. The average molecular weight is 330 g/mol. The Morgan fingerprint density at radius 2 is 2.00 bits per heavy atom. The van der Waals surface area contributed by atoms with Crippen LogP contribution in [-0.2, 0) is 14.9 Å². The lowest BCUT2D eigenvalue weighted by Crippen LogP contribution is -2.53. The second-order valence-corrected chi connectivity index (χ2v) is 8.51. The number of ether oxygens (including phenoxy) is 1. The molecule has 0 amide bonds. The van der Waals surface area contributed by atoms with Crippen molar-refractivity contribution in [2.24, 2.45) is 11.3 Å². The Morgan fingerprint density at radius 1 is 1.29 bits per heavy atom. The van der Waals surface area contributed by atoms with Gasteiger partial charge in [0.05, 0.1) is 11.5 Å². The van der Waals surface area contributed by atoms with Crippen molar-refractivity contribution in [1.82, 2.24) is 0 Å².